The Hall–Kier alpha value is -3.28. The van der Waals surface area contributed by atoms with Gasteiger partial charge in [0.05, 0.1) is 25.2 Å². The van der Waals surface area contributed by atoms with E-state index in [-0.39, 0.29) is 0 Å². The fourth-order valence-corrected chi connectivity index (χ4v) is 1.99. The molecule has 0 aliphatic carbocycles. The van der Waals surface area contributed by atoms with E-state index in [4.69, 9.17) is 4.74 Å². The molecule has 3 rings (SSSR count). The van der Waals surface area contributed by atoms with Gasteiger partial charge in [0.25, 0.3) is 5.95 Å². The molecule has 0 aliphatic rings. The second-order valence-electron chi connectivity index (χ2n) is 4.68. The molecule has 23 heavy (non-hydrogen) atoms. The number of aromatic nitrogens is 3. The summed E-state index contributed by atoms with van der Waals surface area (Å²) >= 11 is 0. The Morgan fingerprint density at radius 3 is 2.78 bits per heavy atom. The van der Waals surface area contributed by atoms with Crippen molar-refractivity contribution in [3.63, 3.8) is 0 Å². The summed E-state index contributed by atoms with van der Waals surface area (Å²) < 4.78 is 5.17. The Bertz CT molecular complexity index is 805. The number of hydrogen-bond donors (Lipinski definition) is 1. The lowest BCUT2D eigenvalue weighted by atomic mass is 10.2. The molecule has 0 saturated carbocycles. The Morgan fingerprint density at radius 1 is 1.09 bits per heavy atom. The summed E-state index contributed by atoms with van der Waals surface area (Å²) in [6.07, 6.45) is 3.29. The van der Waals surface area contributed by atoms with Crippen LogP contribution in [0.15, 0.2) is 65.9 Å². The van der Waals surface area contributed by atoms with E-state index < -0.39 is 0 Å². The highest BCUT2D eigenvalue weighted by Gasteiger charge is 2.01. The summed E-state index contributed by atoms with van der Waals surface area (Å²) in [6, 6.07) is 17.4. The third-order valence-electron chi connectivity index (χ3n) is 3.10. The summed E-state index contributed by atoms with van der Waals surface area (Å²) in [6.45, 7) is 0. The molecule has 0 amide bonds. The Morgan fingerprint density at radius 2 is 1.96 bits per heavy atom. The van der Waals surface area contributed by atoms with Crippen LogP contribution < -0.4 is 10.2 Å². The zero-order valence-corrected chi connectivity index (χ0v) is 12.5. The average molecular weight is 305 g/mol. The SMILES string of the molecule is COc1cccc(/C=N/Nc2nncc(-c3ccccc3)n2)c1. The van der Waals surface area contributed by atoms with Gasteiger partial charge in [0.2, 0.25) is 0 Å². The molecule has 0 aliphatic heterocycles. The van der Waals surface area contributed by atoms with E-state index >= 15 is 0 Å². The molecule has 0 bridgehead atoms. The molecule has 0 atom stereocenters. The van der Waals surface area contributed by atoms with Crippen molar-refractivity contribution in [3.8, 4) is 17.0 Å². The summed E-state index contributed by atoms with van der Waals surface area (Å²) in [5.41, 5.74) is 5.40. The average Bonchev–Trinajstić information content (AvgIpc) is 2.63. The van der Waals surface area contributed by atoms with E-state index in [1.807, 2.05) is 54.6 Å². The standard InChI is InChI=1S/C17H15N5O/c1-23-15-9-5-6-13(10-15)11-18-21-17-20-16(12-19-22-17)14-7-3-2-4-8-14/h2-12H,1H3,(H,20,21,22)/b18-11+. The molecule has 1 N–H and O–H groups in total. The predicted octanol–water partition coefficient (Wildman–Crippen LogP) is 2.99. The third kappa shape index (κ3) is 3.88. The highest BCUT2D eigenvalue weighted by Crippen LogP contribution is 2.15. The van der Waals surface area contributed by atoms with Crippen LogP contribution in [0.3, 0.4) is 0 Å². The highest BCUT2D eigenvalue weighted by atomic mass is 16.5. The number of nitrogens with one attached hydrogen (secondary N) is 1. The van der Waals surface area contributed by atoms with Crippen LogP contribution in [-0.2, 0) is 0 Å². The summed E-state index contributed by atoms with van der Waals surface area (Å²) in [4.78, 5) is 4.38. The number of ether oxygens (including phenoxy) is 1. The number of hydrazone groups is 1. The lowest BCUT2D eigenvalue weighted by molar-refractivity contribution is 0.415. The molecule has 3 aromatic rings. The first-order chi connectivity index (χ1) is 11.3. The minimum Gasteiger partial charge on any atom is -0.497 e. The maximum atomic E-state index is 5.17. The van der Waals surface area contributed by atoms with Crippen molar-refractivity contribution in [2.24, 2.45) is 5.10 Å². The van der Waals surface area contributed by atoms with Crippen molar-refractivity contribution in [1.82, 2.24) is 15.2 Å². The monoisotopic (exact) mass is 305 g/mol. The van der Waals surface area contributed by atoms with Crippen molar-refractivity contribution in [3.05, 3.63) is 66.4 Å². The van der Waals surface area contributed by atoms with Gasteiger partial charge in [0.15, 0.2) is 0 Å². The fraction of sp³-hybridized carbons (Fsp3) is 0.0588. The van der Waals surface area contributed by atoms with Crippen LogP contribution in [0.2, 0.25) is 0 Å². The lowest BCUT2D eigenvalue weighted by Gasteiger charge is -2.02. The van der Waals surface area contributed by atoms with Crippen LogP contribution in [0, 0.1) is 0 Å². The third-order valence-corrected chi connectivity index (χ3v) is 3.10. The van der Waals surface area contributed by atoms with Crippen molar-refractivity contribution in [2.75, 3.05) is 12.5 Å². The minimum atomic E-state index is 0.338. The van der Waals surface area contributed by atoms with Crippen LogP contribution in [0.4, 0.5) is 5.95 Å². The van der Waals surface area contributed by atoms with E-state index in [0.29, 0.717) is 5.95 Å². The van der Waals surface area contributed by atoms with Crippen molar-refractivity contribution < 1.29 is 4.74 Å². The smallest absolute Gasteiger partial charge is 0.263 e. The number of methoxy groups -OCH3 is 1. The zero-order chi connectivity index (χ0) is 15.9. The molecule has 0 fully saturated rings. The van der Waals surface area contributed by atoms with E-state index in [1.165, 1.54) is 0 Å². The first-order valence-corrected chi connectivity index (χ1v) is 7.03. The van der Waals surface area contributed by atoms with Crippen LogP contribution in [0.5, 0.6) is 5.75 Å². The molecule has 0 unspecified atom stereocenters. The zero-order valence-electron chi connectivity index (χ0n) is 12.5. The molecule has 1 heterocycles. The minimum absolute atomic E-state index is 0.338. The number of benzene rings is 2. The maximum Gasteiger partial charge on any atom is 0.263 e. The van der Waals surface area contributed by atoms with Gasteiger partial charge in [-0.2, -0.15) is 10.2 Å². The Balaban J connectivity index is 1.72. The summed E-state index contributed by atoms with van der Waals surface area (Å²) in [7, 11) is 1.63. The highest BCUT2D eigenvalue weighted by molar-refractivity contribution is 5.80. The molecule has 0 spiro atoms. The molecule has 114 valence electrons. The van der Waals surface area contributed by atoms with Crippen LogP contribution in [0.25, 0.3) is 11.3 Å². The number of nitrogens with zero attached hydrogens (tertiary/aromatic N) is 4. The molecular weight excluding hydrogens is 290 g/mol. The maximum absolute atomic E-state index is 5.17. The van der Waals surface area contributed by atoms with Gasteiger partial charge < -0.3 is 4.74 Å². The van der Waals surface area contributed by atoms with Crippen molar-refractivity contribution in [2.45, 2.75) is 0 Å². The Kier molecular flexibility index (Phi) is 4.54. The van der Waals surface area contributed by atoms with Crippen molar-refractivity contribution in [1.29, 1.82) is 0 Å². The Labute approximate surface area is 133 Å². The summed E-state index contributed by atoms with van der Waals surface area (Å²) in [5.74, 6) is 1.11. The van der Waals surface area contributed by atoms with Gasteiger partial charge in [-0.25, -0.2) is 10.4 Å². The fourth-order valence-electron chi connectivity index (χ4n) is 1.99. The molecule has 2 aromatic carbocycles. The van der Waals surface area contributed by atoms with E-state index in [0.717, 1.165) is 22.6 Å². The first kappa shape index (κ1) is 14.6. The number of rotatable bonds is 5. The lowest BCUT2D eigenvalue weighted by Crippen LogP contribution is -2.00. The molecule has 1 aromatic heterocycles. The van der Waals surface area contributed by atoms with Crippen LogP contribution in [-0.4, -0.2) is 28.5 Å². The van der Waals surface area contributed by atoms with Crippen molar-refractivity contribution >= 4 is 12.2 Å². The number of anilines is 1. The van der Waals surface area contributed by atoms with Gasteiger partial charge in [0.1, 0.15) is 5.75 Å². The van der Waals surface area contributed by atoms with Gasteiger partial charge in [0, 0.05) is 5.56 Å². The largest absolute Gasteiger partial charge is 0.497 e. The normalized spacial score (nSPS) is 10.7. The predicted molar refractivity (Wildman–Crippen MR) is 89.5 cm³/mol. The van der Waals surface area contributed by atoms with E-state index in [2.05, 4.69) is 25.7 Å². The topological polar surface area (TPSA) is 72.3 Å². The summed E-state index contributed by atoms with van der Waals surface area (Å²) in [5, 5.41) is 12.0. The van der Waals surface area contributed by atoms with Gasteiger partial charge in [-0.15, -0.1) is 5.10 Å². The van der Waals surface area contributed by atoms with Gasteiger partial charge in [-0.3, -0.25) is 0 Å². The van der Waals surface area contributed by atoms with Crippen LogP contribution in [0.1, 0.15) is 5.56 Å². The quantitative estimate of drug-likeness (QED) is 0.579. The van der Waals surface area contributed by atoms with Gasteiger partial charge in [-0.1, -0.05) is 42.5 Å². The second-order valence-corrected chi connectivity index (χ2v) is 4.68. The second kappa shape index (κ2) is 7.13. The first-order valence-electron chi connectivity index (χ1n) is 7.03. The van der Waals surface area contributed by atoms with E-state index in [9.17, 15) is 0 Å². The molecular formula is C17H15N5O. The number of hydrogen-bond acceptors (Lipinski definition) is 6. The molecule has 6 nitrogen and oxygen atoms in total. The van der Waals surface area contributed by atoms with Gasteiger partial charge >= 0.3 is 0 Å². The molecule has 6 heteroatoms. The molecule has 0 radical (unpaired) electrons. The molecule has 0 saturated heterocycles. The van der Waals surface area contributed by atoms with Crippen LogP contribution >= 0.6 is 0 Å². The van der Waals surface area contributed by atoms with Gasteiger partial charge in [-0.05, 0) is 17.7 Å². The van der Waals surface area contributed by atoms with E-state index in [1.54, 1.807) is 19.5 Å².